The fourth-order valence-corrected chi connectivity index (χ4v) is 3.24. The molecule has 2 rings (SSSR count). The Balaban J connectivity index is 2.42. The van der Waals surface area contributed by atoms with Gasteiger partial charge in [0.1, 0.15) is 4.90 Å². The van der Waals surface area contributed by atoms with Crippen LogP contribution in [0.4, 0.5) is 11.4 Å². The summed E-state index contributed by atoms with van der Waals surface area (Å²) in [7, 11) is -3.52. The molecule has 0 heterocycles. The van der Waals surface area contributed by atoms with Gasteiger partial charge in [-0.15, -0.1) is 0 Å². The van der Waals surface area contributed by atoms with Crippen LogP contribution in [-0.2, 0) is 16.6 Å². The zero-order valence-corrected chi connectivity index (χ0v) is 12.7. The molecule has 21 heavy (non-hydrogen) atoms. The molecule has 112 valence electrons. The van der Waals surface area contributed by atoms with Crippen LogP contribution in [0.1, 0.15) is 12.5 Å². The highest BCUT2D eigenvalue weighted by molar-refractivity contribution is 7.89. The van der Waals surface area contributed by atoms with E-state index >= 15 is 0 Å². The maximum atomic E-state index is 12.2. The van der Waals surface area contributed by atoms with Crippen LogP contribution in [0.15, 0.2) is 53.4 Å². The van der Waals surface area contributed by atoms with Crippen molar-refractivity contribution in [3.8, 4) is 0 Å². The van der Waals surface area contributed by atoms with Crippen LogP contribution < -0.4 is 15.8 Å². The van der Waals surface area contributed by atoms with E-state index in [1.165, 1.54) is 0 Å². The summed E-state index contributed by atoms with van der Waals surface area (Å²) in [5.41, 5.74) is 7.96. The highest BCUT2D eigenvalue weighted by Gasteiger charge is 2.17. The zero-order chi connectivity index (χ0) is 15.3. The lowest BCUT2D eigenvalue weighted by Gasteiger charge is -2.14. The number of nitrogens with two attached hydrogens (primary N) is 1. The van der Waals surface area contributed by atoms with Crippen molar-refractivity contribution in [3.05, 3.63) is 54.1 Å². The minimum Gasteiger partial charge on any atom is -0.354 e. The lowest BCUT2D eigenvalue weighted by Crippen LogP contribution is -2.24. The van der Waals surface area contributed by atoms with Gasteiger partial charge in [-0.2, -0.15) is 0 Å². The quantitative estimate of drug-likeness (QED) is 0.764. The van der Waals surface area contributed by atoms with Gasteiger partial charge in [0.2, 0.25) is 10.0 Å². The first-order valence-corrected chi connectivity index (χ1v) is 8.20. The molecule has 0 saturated carbocycles. The van der Waals surface area contributed by atoms with E-state index in [1.807, 2.05) is 24.3 Å². The lowest BCUT2D eigenvalue weighted by molar-refractivity contribution is 0.584. The van der Waals surface area contributed by atoms with Crippen LogP contribution in [-0.4, -0.2) is 15.0 Å². The third-order valence-corrected chi connectivity index (χ3v) is 4.62. The fourth-order valence-electron chi connectivity index (χ4n) is 2.04. The van der Waals surface area contributed by atoms with Crippen LogP contribution in [0.2, 0.25) is 0 Å². The summed E-state index contributed by atoms with van der Waals surface area (Å²) in [6, 6.07) is 14.4. The van der Waals surface area contributed by atoms with Crippen molar-refractivity contribution in [2.45, 2.75) is 18.4 Å². The molecule has 0 saturated heterocycles. The molecule has 2 aromatic carbocycles. The van der Waals surface area contributed by atoms with Crippen molar-refractivity contribution < 1.29 is 8.42 Å². The van der Waals surface area contributed by atoms with Crippen LogP contribution >= 0.6 is 0 Å². The van der Waals surface area contributed by atoms with Crippen LogP contribution in [0, 0.1) is 0 Å². The van der Waals surface area contributed by atoms with Gasteiger partial charge in [-0.25, -0.2) is 13.1 Å². The Morgan fingerprint density at radius 2 is 1.62 bits per heavy atom. The number of nitrogens with one attached hydrogen (secondary N) is 2. The maximum absolute atomic E-state index is 12.2. The molecule has 0 aromatic heterocycles. The summed E-state index contributed by atoms with van der Waals surface area (Å²) in [5, 5.41) is 3.16. The topological polar surface area (TPSA) is 84.2 Å². The summed E-state index contributed by atoms with van der Waals surface area (Å²) in [6.07, 6.45) is 0. The van der Waals surface area contributed by atoms with Crippen molar-refractivity contribution in [3.63, 3.8) is 0 Å². The fraction of sp³-hybridized carbons (Fsp3) is 0.200. The van der Waals surface area contributed by atoms with Gasteiger partial charge in [0, 0.05) is 18.8 Å². The molecule has 2 aromatic rings. The van der Waals surface area contributed by atoms with Crippen LogP contribution in [0.25, 0.3) is 0 Å². The largest absolute Gasteiger partial charge is 0.354 e. The standard InChI is InChI=1S/C15H19N3O2S/c1-2-17-21(19,20)15-10-6-5-9-14(15)18-13-8-4-3-7-12(13)11-16/h3-10,17-18H,2,11,16H2,1H3. The molecule has 0 aliphatic rings. The Morgan fingerprint density at radius 1 is 1.00 bits per heavy atom. The molecule has 0 atom stereocenters. The van der Waals surface area contributed by atoms with Gasteiger partial charge in [0.15, 0.2) is 0 Å². The predicted octanol–water partition coefficient (Wildman–Crippen LogP) is 2.19. The van der Waals surface area contributed by atoms with Gasteiger partial charge in [0.05, 0.1) is 5.69 Å². The van der Waals surface area contributed by atoms with Crippen LogP contribution in [0.3, 0.4) is 0 Å². The molecular formula is C15H19N3O2S. The molecular weight excluding hydrogens is 286 g/mol. The number of sulfonamides is 1. The number of para-hydroxylation sites is 2. The molecule has 0 aliphatic carbocycles. The molecule has 0 aliphatic heterocycles. The molecule has 0 spiro atoms. The Morgan fingerprint density at radius 3 is 2.29 bits per heavy atom. The highest BCUT2D eigenvalue weighted by atomic mass is 32.2. The van der Waals surface area contributed by atoms with Crippen molar-refractivity contribution in [1.82, 2.24) is 4.72 Å². The second kappa shape index (κ2) is 6.71. The summed E-state index contributed by atoms with van der Waals surface area (Å²) in [6.45, 7) is 2.47. The molecule has 0 radical (unpaired) electrons. The average Bonchev–Trinajstić information content (AvgIpc) is 2.48. The maximum Gasteiger partial charge on any atom is 0.242 e. The summed E-state index contributed by atoms with van der Waals surface area (Å²) < 4.78 is 26.9. The normalized spacial score (nSPS) is 11.3. The van der Waals surface area contributed by atoms with Crippen molar-refractivity contribution in [2.75, 3.05) is 11.9 Å². The van der Waals surface area contributed by atoms with E-state index in [0.717, 1.165) is 11.3 Å². The summed E-state index contributed by atoms with van der Waals surface area (Å²) >= 11 is 0. The Labute approximate surface area is 125 Å². The number of hydrogen-bond donors (Lipinski definition) is 3. The smallest absolute Gasteiger partial charge is 0.242 e. The molecule has 5 nitrogen and oxygen atoms in total. The lowest BCUT2D eigenvalue weighted by atomic mass is 10.1. The summed E-state index contributed by atoms with van der Waals surface area (Å²) in [4.78, 5) is 0.221. The zero-order valence-electron chi connectivity index (χ0n) is 11.8. The van der Waals surface area contributed by atoms with Gasteiger partial charge >= 0.3 is 0 Å². The Bertz CT molecular complexity index is 714. The number of hydrogen-bond acceptors (Lipinski definition) is 4. The van der Waals surface area contributed by atoms with Crippen LogP contribution in [0.5, 0.6) is 0 Å². The molecule has 0 bridgehead atoms. The highest BCUT2D eigenvalue weighted by Crippen LogP contribution is 2.26. The molecule has 4 N–H and O–H groups in total. The monoisotopic (exact) mass is 305 g/mol. The number of anilines is 2. The summed E-state index contributed by atoms with van der Waals surface area (Å²) in [5.74, 6) is 0. The van der Waals surface area contributed by atoms with E-state index in [1.54, 1.807) is 31.2 Å². The Kier molecular flexibility index (Phi) is 4.95. The van der Waals surface area contributed by atoms with Crippen molar-refractivity contribution in [1.29, 1.82) is 0 Å². The predicted molar refractivity (Wildman–Crippen MR) is 84.9 cm³/mol. The van der Waals surface area contributed by atoms with E-state index in [-0.39, 0.29) is 4.90 Å². The molecule has 0 amide bonds. The van der Waals surface area contributed by atoms with Gasteiger partial charge < -0.3 is 11.1 Å². The second-order valence-corrected chi connectivity index (χ2v) is 6.22. The minimum absolute atomic E-state index is 0.221. The van der Waals surface area contributed by atoms with Crippen molar-refractivity contribution in [2.24, 2.45) is 5.73 Å². The third-order valence-electron chi connectivity index (χ3n) is 3.02. The van der Waals surface area contributed by atoms with Gasteiger partial charge in [-0.05, 0) is 23.8 Å². The van der Waals surface area contributed by atoms with Gasteiger partial charge in [0.25, 0.3) is 0 Å². The van der Waals surface area contributed by atoms with E-state index in [9.17, 15) is 8.42 Å². The molecule has 6 heteroatoms. The second-order valence-electron chi connectivity index (χ2n) is 4.48. The Hall–Kier alpha value is -1.89. The molecule has 0 fully saturated rings. The SMILES string of the molecule is CCNS(=O)(=O)c1ccccc1Nc1ccccc1CN. The third kappa shape index (κ3) is 3.60. The van der Waals surface area contributed by atoms with Gasteiger partial charge in [-0.1, -0.05) is 37.3 Å². The minimum atomic E-state index is -3.52. The molecule has 0 unspecified atom stereocenters. The van der Waals surface area contributed by atoms with Gasteiger partial charge in [-0.3, -0.25) is 0 Å². The van der Waals surface area contributed by atoms with E-state index in [0.29, 0.717) is 18.8 Å². The van der Waals surface area contributed by atoms with E-state index in [2.05, 4.69) is 10.0 Å². The first kappa shape index (κ1) is 15.5. The first-order chi connectivity index (χ1) is 10.1. The first-order valence-electron chi connectivity index (χ1n) is 6.72. The van der Waals surface area contributed by atoms with E-state index < -0.39 is 10.0 Å². The number of benzene rings is 2. The number of rotatable bonds is 6. The van der Waals surface area contributed by atoms with Crippen molar-refractivity contribution >= 4 is 21.4 Å². The average molecular weight is 305 g/mol. The van der Waals surface area contributed by atoms with E-state index in [4.69, 9.17) is 5.73 Å².